The van der Waals surface area contributed by atoms with Crippen molar-refractivity contribution in [2.45, 2.75) is 64.5 Å². The van der Waals surface area contributed by atoms with Gasteiger partial charge in [0.05, 0.1) is 0 Å². The van der Waals surface area contributed by atoms with Crippen LogP contribution in [-0.2, 0) is 6.54 Å². The molecule has 3 nitrogen and oxygen atoms in total. The number of imidazole rings is 1. The maximum atomic E-state index is 4.44. The first-order valence-corrected chi connectivity index (χ1v) is 7.62. The third-order valence-electron chi connectivity index (χ3n) is 4.62. The maximum absolute atomic E-state index is 4.44. The fourth-order valence-electron chi connectivity index (χ4n) is 3.11. The summed E-state index contributed by atoms with van der Waals surface area (Å²) in [5.74, 6) is 2.95. The predicted octanol–water partition coefficient (Wildman–Crippen LogP) is 3.67. The fraction of sp³-hybridized carbons (Fsp3) is 0.800. The molecule has 0 saturated heterocycles. The molecule has 0 radical (unpaired) electrons. The van der Waals surface area contributed by atoms with E-state index < -0.39 is 0 Å². The van der Waals surface area contributed by atoms with Crippen LogP contribution in [-0.4, -0.2) is 15.6 Å². The highest BCUT2D eigenvalue weighted by Crippen LogP contribution is 2.32. The molecule has 1 N–H and O–H groups in total. The molecule has 0 aromatic carbocycles. The Kier molecular flexibility index (Phi) is 3.57. The van der Waals surface area contributed by atoms with Crippen LogP contribution in [0.25, 0.3) is 0 Å². The zero-order chi connectivity index (χ0) is 12.4. The maximum Gasteiger partial charge on any atom is 0.202 e. The van der Waals surface area contributed by atoms with Crippen molar-refractivity contribution in [3.8, 4) is 0 Å². The highest BCUT2D eigenvalue weighted by Gasteiger charge is 2.24. The summed E-state index contributed by atoms with van der Waals surface area (Å²) in [4.78, 5) is 4.44. The molecule has 0 aliphatic heterocycles. The van der Waals surface area contributed by atoms with Crippen molar-refractivity contribution in [3.63, 3.8) is 0 Å². The number of hydrogen-bond acceptors (Lipinski definition) is 2. The van der Waals surface area contributed by atoms with Crippen molar-refractivity contribution in [2.75, 3.05) is 5.32 Å². The second-order valence-corrected chi connectivity index (χ2v) is 6.12. The standard InChI is InChI=1S/C15H25N3/c1-2-12-3-5-13(6-4-12)11-18-10-9-16-15(18)17-14-7-8-14/h9-10,12-14H,2-8,11H2,1H3,(H,16,17). The highest BCUT2D eigenvalue weighted by atomic mass is 15.2. The third kappa shape index (κ3) is 2.88. The Bertz CT molecular complexity index is 373. The second kappa shape index (κ2) is 5.33. The molecule has 0 bridgehead atoms. The lowest BCUT2D eigenvalue weighted by atomic mass is 9.81. The van der Waals surface area contributed by atoms with Crippen LogP contribution in [0.5, 0.6) is 0 Å². The van der Waals surface area contributed by atoms with Crippen LogP contribution in [0.3, 0.4) is 0 Å². The molecule has 3 heteroatoms. The number of hydrogen-bond donors (Lipinski definition) is 1. The molecule has 1 aromatic rings. The Morgan fingerprint density at radius 1 is 1.17 bits per heavy atom. The van der Waals surface area contributed by atoms with Gasteiger partial charge in [-0.2, -0.15) is 0 Å². The number of aromatic nitrogens is 2. The van der Waals surface area contributed by atoms with Crippen LogP contribution in [0.1, 0.15) is 51.9 Å². The first-order valence-electron chi connectivity index (χ1n) is 7.62. The summed E-state index contributed by atoms with van der Waals surface area (Å²) < 4.78 is 2.33. The molecule has 0 spiro atoms. The minimum Gasteiger partial charge on any atom is -0.353 e. The average molecular weight is 247 g/mol. The van der Waals surface area contributed by atoms with Gasteiger partial charge in [-0.15, -0.1) is 0 Å². The number of rotatable bonds is 5. The lowest BCUT2D eigenvalue weighted by Gasteiger charge is -2.28. The molecule has 3 rings (SSSR count). The van der Waals surface area contributed by atoms with E-state index in [1.807, 2.05) is 6.20 Å². The molecule has 1 heterocycles. The van der Waals surface area contributed by atoms with Gasteiger partial charge < -0.3 is 9.88 Å². The van der Waals surface area contributed by atoms with Crippen LogP contribution < -0.4 is 5.32 Å². The summed E-state index contributed by atoms with van der Waals surface area (Å²) in [5, 5.41) is 3.53. The van der Waals surface area contributed by atoms with E-state index in [1.54, 1.807) is 0 Å². The van der Waals surface area contributed by atoms with Crippen molar-refractivity contribution in [3.05, 3.63) is 12.4 Å². The summed E-state index contributed by atoms with van der Waals surface area (Å²) in [6.45, 7) is 3.49. The topological polar surface area (TPSA) is 29.9 Å². The number of nitrogens with zero attached hydrogens (tertiary/aromatic N) is 2. The molecule has 1 aromatic heterocycles. The van der Waals surface area contributed by atoms with Crippen molar-refractivity contribution in [2.24, 2.45) is 11.8 Å². The Hall–Kier alpha value is -0.990. The minimum absolute atomic E-state index is 0.696. The summed E-state index contributed by atoms with van der Waals surface area (Å²) in [5.41, 5.74) is 0. The molecule has 2 fully saturated rings. The van der Waals surface area contributed by atoms with Crippen LogP contribution >= 0.6 is 0 Å². The minimum atomic E-state index is 0.696. The molecule has 0 amide bonds. The van der Waals surface area contributed by atoms with Gasteiger partial charge in [-0.25, -0.2) is 4.98 Å². The zero-order valence-electron chi connectivity index (χ0n) is 11.4. The van der Waals surface area contributed by atoms with Crippen molar-refractivity contribution in [1.29, 1.82) is 0 Å². The predicted molar refractivity (Wildman–Crippen MR) is 74.6 cm³/mol. The first kappa shape index (κ1) is 12.1. The van der Waals surface area contributed by atoms with E-state index in [4.69, 9.17) is 0 Å². The lowest BCUT2D eigenvalue weighted by Crippen LogP contribution is -2.20. The number of nitrogens with one attached hydrogen (secondary N) is 1. The Balaban J connectivity index is 1.54. The van der Waals surface area contributed by atoms with Gasteiger partial charge in [0.2, 0.25) is 5.95 Å². The van der Waals surface area contributed by atoms with Gasteiger partial charge in [0.1, 0.15) is 0 Å². The van der Waals surface area contributed by atoms with E-state index in [0.717, 1.165) is 24.3 Å². The third-order valence-corrected chi connectivity index (χ3v) is 4.62. The normalized spacial score (nSPS) is 28.3. The van der Waals surface area contributed by atoms with Crippen molar-refractivity contribution >= 4 is 5.95 Å². The molecular weight excluding hydrogens is 222 g/mol. The van der Waals surface area contributed by atoms with E-state index >= 15 is 0 Å². The average Bonchev–Trinajstić information content (AvgIpc) is 3.11. The quantitative estimate of drug-likeness (QED) is 0.860. The molecule has 2 aliphatic carbocycles. The van der Waals surface area contributed by atoms with Gasteiger partial charge in [-0.1, -0.05) is 26.2 Å². The smallest absolute Gasteiger partial charge is 0.202 e. The molecule has 100 valence electrons. The largest absolute Gasteiger partial charge is 0.353 e. The Morgan fingerprint density at radius 2 is 1.89 bits per heavy atom. The van der Waals surface area contributed by atoms with Crippen LogP contribution in [0, 0.1) is 11.8 Å². The zero-order valence-corrected chi connectivity index (χ0v) is 11.4. The van der Waals surface area contributed by atoms with Gasteiger partial charge in [-0.3, -0.25) is 0 Å². The van der Waals surface area contributed by atoms with Crippen molar-refractivity contribution < 1.29 is 0 Å². The van der Waals surface area contributed by atoms with Gasteiger partial charge in [0, 0.05) is 25.0 Å². The summed E-state index contributed by atoms with van der Waals surface area (Å²) in [6.07, 6.45) is 13.7. The van der Waals surface area contributed by atoms with E-state index in [2.05, 4.69) is 28.0 Å². The Morgan fingerprint density at radius 3 is 2.56 bits per heavy atom. The van der Waals surface area contributed by atoms with Gasteiger partial charge in [0.25, 0.3) is 0 Å². The second-order valence-electron chi connectivity index (χ2n) is 6.12. The van der Waals surface area contributed by atoms with E-state index in [9.17, 15) is 0 Å². The summed E-state index contributed by atoms with van der Waals surface area (Å²) >= 11 is 0. The monoisotopic (exact) mass is 247 g/mol. The Labute approximate surface area is 110 Å². The van der Waals surface area contributed by atoms with Crippen LogP contribution in [0.4, 0.5) is 5.95 Å². The molecule has 2 aliphatic rings. The lowest BCUT2D eigenvalue weighted by molar-refractivity contribution is 0.248. The van der Waals surface area contributed by atoms with E-state index in [1.165, 1.54) is 44.9 Å². The fourth-order valence-corrected chi connectivity index (χ4v) is 3.11. The van der Waals surface area contributed by atoms with Crippen LogP contribution in [0.2, 0.25) is 0 Å². The summed E-state index contributed by atoms with van der Waals surface area (Å²) in [7, 11) is 0. The first-order chi connectivity index (χ1) is 8.85. The molecular formula is C15H25N3. The van der Waals surface area contributed by atoms with Crippen LogP contribution in [0.15, 0.2) is 12.4 Å². The van der Waals surface area contributed by atoms with Gasteiger partial charge >= 0.3 is 0 Å². The van der Waals surface area contributed by atoms with Gasteiger partial charge in [-0.05, 0) is 37.5 Å². The van der Waals surface area contributed by atoms with Gasteiger partial charge in [0.15, 0.2) is 0 Å². The van der Waals surface area contributed by atoms with E-state index in [0.29, 0.717) is 6.04 Å². The molecule has 2 saturated carbocycles. The SMILES string of the molecule is CCC1CCC(Cn2ccnc2NC2CC2)CC1. The molecule has 18 heavy (non-hydrogen) atoms. The van der Waals surface area contributed by atoms with E-state index in [-0.39, 0.29) is 0 Å². The van der Waals surface area contributed by atoms with Crippen molar-refractivity contribution in [1.82, 2.24) is 9.55 Å². The summed E-state index contributed by atoms with van der Waals surface area (Å²) in [6, 6.07) is 0.696. The number of anilines is 1. The molecule has 0 unspecified atom stereocenters. The molecule has 0 atom stereocenters. The highest BCUT2D eigenvalue weighted by molar-refractivity contribution is 5.29.